The van der Waals surface area contributed by atoms with Gasteiger partial charge in [0.2, 0.25) is 17.7 Å². The summed E-state index contributed by atoms with van der Waals surface area (Å²) in [5.74, 6) is -4.32. The van der Waals surface area contributed by atoms with Crippen LogP contribution in [0.5, 0.6) is 0 Å². The molecule has 53 heavy (non-hydrogen) atoms. The first-order chi connectivity index (χ1) is 25.5. The molecule has 0 saturated carbocycles. The molecule has 1 unspecified atom stereocenters. The standard InChI is InChI=1S/C33H47F3N4O13/c34-33(35,36)32(45)53-52-30(43)8-14-47-16-18-49-20-22-51-24-23-50-21-19-48-17-15-46-13-7-29(42)40-11-9-39(10-12-40)26-3-1-25(2-4-26)37-27-5-6-28(41)38-31(27)44/h1-4,27,37H,5-24H2,(H,38,41,44). The van der Waals surface area contributed by atoms with Gasteiger partial charge in [-0.3, -0.25) is 19.7 Å². The van der Waals surface area contributed by atoms with Crippen molar-refractivity contribution in [3.63, 3.8) is 0 Å². The third-order valence-corrected chi connectivity index (χ3v) is 7.66. The van der Waals surface area contributed by atoms with E-state index >= 15 is 0 Å². The maximum atomic E-state index is 12.6. The Morgan fingerprint density at radius 2 is 1.19 bits per heavy atom. The molecule has 2 aliphatic rings. The molecule has 3 amide bonds. The van der Waals surface area contributed by atoms with Crippen LogP contribution in [-0.4, -0.2) is 152 Å². The topological polar surface area (TPSA) is 190 Å². The van der Waals surface area contributed by atoms with Crippen molar-refractivity contribution < 1.29 is 75.3 Å². The van der Waals surface area contributed by atoms with Gasteiger partial charge in [0.1, 0.15) is 6.04 Å². The number of amides is 3. The molecule has 0 spiro atoms. The number of carbonyl (C=O) groups is 5. The van der Waals surface area contributed by atoms with Crippen molar-refractivity contribution in [2.24, 2.45) is 0 Å². The molecule has 2 N–H and O–H groups in total. The van der Waals surface area contributed by atoms with Crippen LogP contribution in [0.1, 0.15) is 25.7 Å². The zero-order chi connectivity index (χ0) is 38.3. The molecule has 3 rings (SSSR count). The normalized spacial score (nSPS) is 16.3. The number of benzene rings is 1. The highest BCUT2D eigenvalue weighted by molar-refractivity contribution is 6.01. The third kappa shape index (κ3) is 18.0. The van der Waals surface area contributed by atoms with Gasteiger partial charge in [-0.05, 0) is 30.7 Å². The first-order valence-electron chi connectivity index (χ1n) is 17.2. The number of carbonyl (C=O) groups excluding carboxylic acids is 5. The zero-order valence-corrected chi connectivity index (χ0v) is 29.4. The summed E-state index contributed by atoms with van der Waals surface area (Å²) in [5, 5.41) is 5.52. The van der Waals surface area contributed by atoms with Crippen LogP contribution in [0.3, 0.4) is 0 Å². The van der Waals surface area contributed by atoms with Crippen molar-refractivity contribution in [2.45, 2.75) is 37.9 Å². The molecule has 2 heterocycles. The molecule has 2 saturated heterocycles. The van der Waals surface area contributed by atoms with Gasteiger partial charge in [0.05, 0.1) is 92.1 Å². The average molecular weight is 765 g/mol. The lowest BCUT2D eigenvalue weighted by Gasteiger charge is -2.36. The van der Waals surface area contributed by atoms with E-state index in [2.05, 4.69) is 25.3 Å². The first-order valence-corrected chi connectivity index (χ1v) is 17.2. The Balaban J connectivity index is 1.05. The zero-order valence-electron chi connectivity index (χ0n) is 29.4. The fourth-order valence-corrected chi connectivity index (χ4v) is 4.86. The highest BCUT2D eigenvalue weighted by Gasteiger charge is 2.43. The second-order valence-electron chi connectivity index (χ2n) is 11.6. The number of hydrogen-bond acceptors (Lipinski definition) is 15. The SMILES string of the molecule is O=C1CCC(Nc2ccc(N3CCN(C(=O)CCOCCOCCOCCOCCOCCOCCC(=O)OOC(=O)C(F)(F)F)CC3)cc2)C(=O)N1. The van der Waals surface area contributed by atoms with E-state index in [1.165, 1.54) is 0 Å². The Morgan fingerprint density at radius 1 is 0.698 bits per heavy atom. The minimum atomic E-state index is -5.26. The number of nitrogens with zero attached hydrogens (tertiary/aromatic N) is 2. The highest BCUT2D eigenvalue weighted by Crippen LogP contribution is 2.21. The average Bonchev–Trinajstić information content (AvgIpc) is 3.14. The summed E-state index contributed by atoms with van der Waals surface area (Å²) < 4.78 is 67.9. The quantitative estimate of drug-likeness (QED) is 0.0656. The number of piperidine rings is 1. The Bertz CT molecular complexity index is 1280. The largest absolute Gasteiger partial charge is 0.495 e. The van der Waals surface area contributed by atoms with Crippen molar-refractivity contribution >= 4 is 41.0 Å². The van der Waals surface area contributed by atoms with E-state index in [4.69, 9.17) is 28.4 Å². The molecule has 1 aromatic carbocycles. The van der Waals surface area contributed by atoms with E-state index < -0.39 is 30.6 Å². The number of imide groups is 1. The second-order valence-corrected chi connectivity index (χ2v) is 11.6. The Morgan fingerprint density at radius 3 is 1.68 bits per heavy atom. The van der Waals surface area contributed by atoms with E-state index in [0.717, 1.165) is 11.4 Å². The number of nitrogens with one attached hydrogen (secondary N) is 2. The first kappa shape index (κ1) is 43.3. The van der Waals surface area contributed by atoms with Crippen LogP contribution in [0.15, 0.2) is 24.3 Å². The van der Waals surface area contributed by atoms with Gasteiger partial charge in [-0.1, -0.05) is 0 Å². The van der Waals surface area contributed by atoms with E-state index in [1.54, 1.807) is 0 Å². The summed E-state index contributed by atoms with van der Waals surface area (Å²) in [6.45, 7) is 5.92. The minimum Gasteiger partial charge on any atom is -0.379 e. The Kier molecular flexibility index (Phi) is 19.8. The summed E-state index contributed by atoms with van der Waals surface area (Å²) in [4.78, 5) is 68.7. The lowest BCUT2D eigenvalue weighted by molar-refractivity contribution is -0.286. The number of ether oxygens (including phenoxy) is 6. The van der Waals surface area contributed by atoms with Crippen molar-refractivity contribution in [3.05, 3.63) is 24.3 Å². The summed E-state index contributed by atoms with van der Waals surface area (Å²) >= 11 is 0. The van der Waals surface area contributed by atoms with Gasteiger partial charge in [0, 0.05) is 44.0 Å². The number of hydrogen-bond donors (Lipinski definition) is 2. The Hall–Kier alpha value is -4.08. The van der Waals surface area contributed by atoms with E-state index in [-0.39, 0.29) is 44.1 Å². The number of halogens is 3. The number of alkyl halides is 3. The van der Waals surface area contributed by atoms with Crippen LogP contribution in [0.4, 0.5) is 24.5 Å². The van der Waals surface area contributed by atoms with Crippen LogP contribution in [-0.2, 0) is 62.2 Å². The molecule has 298 valence electrons. The number of rotatable bonds is 24. The van der Waals surface area contributed by atoms with E-state index in [1.807, 2.05) is 29.2 Å². The van der Waals surface area contributed by atoms with Crippen molar-refractivity contribution in [1.82, 2.24) is 10.2 Å². The minimum absolute atomic E-state index is 0.0456. The third-order valence-electron chi connectivity index (χ3n) is 7.66. The number of anilines is 2. The van der Waals surface area contributed by atoms with Crippen molar-refractivity contribution in [3.8, 4) is 0 Å². The monoisotopic (exact) mass is 764 g/mol. The molecule has 0 aliphatic carbocycles. The highest BCUT2D eigenvalue weighted by atomic mass is 19.4. The van der Waals surface area contributed by atoms with Gasteiger partial charge >= 0.3 is 18.1 Å². The summed E-state index contributed by atoms with van der Waals surface area (Å²) in [7, 11) is 0. The van der Waals surface area contributed by atoms with Crippen molar-refractivity contribution in [2.75, 3.05) is 116 Å². The predicted octanol–water partition coefficient (Wildman–Crippen LogP) is 0.996. The van der Waals surface area contributed by atoms with E-state index in [9.17, 15) is 37.1 Å². The predicted molar refractivity (Wildman–Crippen MR) is 177 cm³/mol. The summed E-state index contributed by atoms with van der Waals surface area (Å²) in [6, 6.07) is 7.34. The van der Waals surface area contributed by atoms with Gasteiger partial charge in [-0.2, -0.15) is 13.2 Å². The molecule has 0 aromatic heterocycles. The van der Waals surface area contributed by atoms with E-state index in [0.29, 0.717) is 98.3 Å². The molecular weight excluding hydrogens is 717 g/mol. The fraction of sp³-hybridized carbons (Fsp3) is 0.667. The lowest BCUT2D eigenvalue weighted by Crippen LogP contribution is -2.49. The molecule has 2 fully saturated rings. The van der Waals surface area contributed by atoms with Crippen LogP contribution >= 0.6 is 0 Å². The molecule has 2 aliphatic heterocycles. The molecule has 0 bridgehead atoms. The smallest absolute Gasteiger partial charge is 0.379 e. The van der Waals surface area contributed by atoms with Crippen LogP contribution in [0, 0.1) is 0 Å². The van der Waals surface area contributed by atoms with Gasteiger partial charge in [0.15, 0.2) is 0 Å². The lowest BCUT2D eigenvalue weighted by atomic mass is 10.1. The maximum absolute atomic E-state index is 12.6. The molecule has 20 heteroatoms. The summed E-state index contributed by atoms with van der Waals surface area (Å²) in [5.41, 5.74) is 1.84. The Labute approximate surface area is 304 Å². The number of piperazine rings is 1. The molecule has 17 nitrogen and oxygen atoms in total. The molecule has 1 aromatic rings. The van der Waals surface area contributed by atoms with Gasteiger partial charge in [-0.15, -0.1) is 0 Å². The van der Waals surface area contributed by atoms with Gasteiger partial charge < -0.3 is 43.5 Å². The van der Waals surface area contributed by atoms with Crippen molar-refractivity contribution in [1.29, 1.82) is 0 Å². The molecular formula is C33H47F3N4O13. The maximum Gasteiger partial charge on any atom is 0.495 e. The second kappa shape index (κ2) is 24.3. The fourth-order valence-electron chi connectivity index (χ4n) is 4.86. The van der Waals surface area contributed by atoms with Gasteiger partial charge in [-0.25, -0.2) is 19.4 Å². The van der Waals surface area contributed by atoms with Crippen LogP contribution < -0.4 is 15.5 Å². The van der Waals surface area contributed by atoms with Gasteiger partial charge in [0.25, 0.3) is 0 Å². The summed E-state index contributed by atoms with van der Waals surface area (Å²) in [6.07, 6.45) is -4.60. The van der Waals surface area contributed by atoms with Crippen LogP contribution in [0.25, 0.3) is 0 Å². The molecule has 1 atom stereocenters. The van der Waals surface area contributed by atoms with Crippen LogP contribution in [0.2, 0.25) is 0 Å². The molecule has 0 radical (unpaired) electrons.